The zero-order valence-electron chi connectivity index (χ0n) is 17.7. The Morgan fingerprint density at radius 1 is 1.03 bits per heavy atom. The van der Waals surface area contributed by atoms with Gasteiger partial charge in [-0.05, 0) is 29.2 Å². The summed E-state index contributed by atoms with van der Waals surface area (Å²) in [5, 5.41) is 23.1. The van der Waals surface area contributed by atoms with E-state index in [4.69, 9.17) is 9.84 Å². The minimum atomic E-state index is -1.16. The smallest absolute Gasteiger partial charge is 0.407 e. The second-order valence-corrected chi connectivity index (χ2v) is 7.56. The Balaban J connectivity index is 1.47. The standard InChI is InChI=1S/C24H26N2O6/c1-15(23(30)26-13-16(27)12-22(28)29)10-11-25-24(31)32-14-21-19-8-4-2-6-17(19)18-7-3-5-9-20(18)21/h2-10,16,21,27H,11-14H2,1H3,(H,25,31)(H,26,30)(H,28,29)/b15-10+. The molecule has 0 aliphatic heterocycles. The Bertz CT molecular complexity index is 987. The van der Waals surface area contributed by atoms with Gasteiger partial charge in [0.2, 0.25) is 5.91 Å². The Hall–Kier alpha value is -3.65. The largest absolute Gasteiger partial charge is 0.481 e. The number of rotatable bonds is 9. The van der Waals surface area contributed by atoms with Crippen LogP contribution in [0.1, 0.15) is 30.4 Å². The zero-order chi connectivity index (χ0) is 23.1. The lowest BCUT2D eigenvalue weighted by atomic mass is 9.98. The molecule has 0 fully saturated rings. The van der Waals surface area contributed by atoms with Crippen LogP contribution in [0.25, 0.3) is 11.1 Å². The molecule has 1 aliphatic rings. The van der Waals surface area contributed by atoms with Crippen molar-refractivity contribution >= 4 is 18.0 Å². The quantitative estimate of drug-likeness (QED) is 0.446. The first kappa shape index (κ1) is 23.0. The van der Waals surface area contributed by atoms with Crippen LogP contribution in [0.2, 0.25) is 0 Å². The molecule has 2 aromatic carbocycles. The van der Waals surface area contributed by atoms with E-state index in [1.807, 2.05) is 36.4 Å². The SMILES string of the molecule is C/C(=C\CNC(=O)OCC1c2ccccc2-c2ccccc21)C(=O)NCC(O)CC(=O)O. The molecule has 8 heteroatoms. The van der Waals surface area contributed by atoms with E-state index in [9.17, 15) is 19.5 Å². The minimum absolute atomic E-state index is 0.0339. The summed E-state index contributed by atoms with van der Waals surface area (Å²) in [4.78, 5) is 34.6. The van der Waals surface area contributed by atoms with Crippen LogP contribution in [-0.4, -0.2) is 54.0 Å². The summed E-state index contributed by atoms with van der Waals surface area (Å²) in [7, 11) is 0. The number of aliphatic hydroxyl groups excluding tert-OH is 1. The molecule has 32 heavy (non-hydrogen) atoms. The van der Waals surface area contributed by atoms with E-state index in [1.54, 1.807) is 6.92 Å². The summed E-state index contributed by atoms with van der Waals surface area (Å²) in [6.07, 6.45) is -0.691. The maximum Gasteiger partial charge on any atom is 0.407 e. The van der Waals surface area contributed by atoms with E-state index in [-0.39, 0.29) is 25.6 Å². The average molecular weight is 438 g/mol. The van der Waals surface area contributed by atoms with E-state index in [1.165, 1.54) is 6.08 Å². The van der Waals surface area contributed by atoms with E-state index < -0.39 is 30.5 Å². The number of carbonyl (C=O) groups excluding carboxylic acids is 2. The Labute approximate surface area is 185 Å². The van der Waals surface area contributed by atoms with Crippen molar-refractivity contribution in [1.82, 2.24) is 10.6 Å². The molecule has 2 aromatic rings. The number of nitrogens with one attached hydrogen (secondary N) is 2. The van der Waals surface area contributed by atoms with Crippen molar-refractivity contribution in [1.29, 1.82) is 0 Å². The summed E-state index contributed by atoms with van der Waals surface area (Å²) in [6, 6.07) is 16.1. The number of alkyl carbamates (subject to hydrolysis) is 1. The van der Waals surface area contributed by atoms with Crippen LogP contribution in [0.5, 0.6) is 0 Å². The molecule has 0 saturated carbocycles. The van der Waals surface area contributed by atoms with Crippen LogP contribution < -0.4 is 10.6 Å². The molecule has 0 saturated heterocycles. The molecule has 168 valence electrons. The highest BCUT2D eigenvalue weighted by molar-refractivity contribution is 5.92. The van der Waals surface area contributed by atoms with Crippen molar-refractivity contribution in [3.8, 4) is 11.1 Å². The molecule has 1 unspecified atom stereocenters. The van der Waals surface area contributed by atoms with Crippen molar-refractivity contribution in [2.45, 2.75) is 25.4 Å². The maximum absolute atomic E-state index is 12.1. The molecule has 0 aromatic heterocycles. The average Bonchev–Trinajstić information content (AvgIpc) is 3.09. The highest BCUT2D eigenvalue weighted by Gasteiger charge is 2.28. The van der Waals surface area contributed by atoms with Crippen molar-refractivity contribution in [2.75, 3.05) is 19.7 Å². The summed E-state index contributed by atoms with van der Waals surface area (Å²) in [5.74, 6) is -1.64. The fourth-order valence-electron chi connectivity index (χ4n) is 3.65. The van der Waals surface area contributed by atoms with Crippen LogP contribution in [0.4, 0.5) is 4.79 Å². The summed E-state index contributed by atoms with van der Waals surface area (Å²) < 4.78 is 5.43. The van der Waals surface area contributed by atoms with E-state index in [0.717, 1.165) is 22.3 Å². The first-order chi connectivity index (χ1) is 15.4. The molecule has 2 amide bonds. The lowest BCUT2D eigenvalue weighted by Crippen LogP contribution is -2.34. The molecule has 0 radical (unpaired) electrons. The molecule has 0 bridgehead atoms. The molecular formula is C24H26N2O6. The molecule has 3 rings (SSSR count). The van der Waals surface area contributed by atoms with Crippen molar-refractivity contribution in [3.05, 3.63) is 71.3 Å². The van der Waals surface area contributed by atoms with Gasteiger partial charge >= 0.3 is 12.1 Å². The van der Waals surface area contributed by atoms with Gasteiger partial charge in [0.25, 0.3) is 0 Å². The van der Waals surface area contributed by atoms with Crippen molar-refractivity contribution < 1.29 is 29.3 Å². The van der Waals surface area contributed by atoms with Gasteiger partial charge in [0.15, 0.2) is 0 Å². The number of ether oxygens (including phenoxy) is 1. The lowest BCUT2D eigenvalue weighted by Gasteiger charge is -2.14. The fraction of sp³-hybridized carbons (Fsp3) is 0.292. The number of carbonyl (C=O) groups is 3. The van der Waals surface area contributed by atoms with Crippen LogP contribution in [-0.2, 0) is 14.3 Å². The highest BCUT2D eigenvalue weighted by Crippen LogP contribution is 2.44. The fourth-order valence-corrected chi connectivity index (χ4v) is 3.65. The van der Waals surface area contributed by atoms with Crippen molar-refractivity contribution in [3.63, 3.8) is 0 Å². The van der Waals surface area contributed by atoms with Gasteiger partial charge in [-0.3, -0.25) is 9.59 Å². The van der Waals surface area contributed by atoms with Crippen molar-refractivity contribution in [2.24, 2.45) is 0 Å². The van der Waals surface area contributed by atoms with E-state index in [0.29, 0.717) is 5.57 Å². The molecule has 1 aliphatic carbocycles. The van der Waals surface area contributed by atoms with Gasteiger partial charge in [-0.1, -0.05) is 54.6 Å². The summed E-state index contributed by atoms with van der Waals surface area (Å²) >= 11 is 0. The summed E-state index contributed by atoms with van der Waals surface area (Å²) in [6.45, 7) is 1.67. The van der Waals surface area contributed by atoms with Crippen LogP contribution in [0.15, 0.2) is 60.2 Å². The highest BCUT2D eigenvalue weighted by atomic mass is 16.5. The number of fused-ring (bicyclic) bond motifs is 3. The maximum atomic E-state index is 12.1. The summed E-state index contributed by atoms with van der Waals surface area (Å²) in [5.41, 5.74) is 4.87. The van der Waals surface area contributed by atoms with Gasteiger partial charge in [-0.25, -0.2) is 4.79 Å². The third-order valence-corrected chi connectivity index (χ3v) is 5.26. The lowest BCUT2D eigenvalue weighted by molar-refractivity contribution is -0.139. The molecular weight excluding hydrogens is 412 g/mol. The zero-order valence-corrected chi connectivity index (χ0v) is 17.7. The predicted molar refractivity (Wildman–Crippen MR) is 118 cm³/mol. The van der Waals surface area contributed by atoms with Crippen LogP contribution in [0.3, 0.4) is 0 Å². The number of carboxylic acid groups (broad SMARTS) is 1. The number of hydrogen-bond donors (Lipinski definition) is 4. The van der Waals surface area contributed by atoms with Gasteiger partial charge < -0.3 is 25.6 Å². The van der Waals surface area contributed by atoms with E-state index >= 15 is 0 Å². The normalized spacial score (nSPS) is 13.6. The number of carboxylic acids is 1. The minimum Gasteiger partial charge on any atom is -0.481 e. The van der Waals surface area contributed by atoms with Gasteiger partial charge in [0.1, 0.15) is 6.61 Å². The molecule has 4 N–H and O–H groups in total. The van der Waals surface area contributed by atoms with Gasteiger partial charge in [0, 0.05) is 24.6 Å². The van der Waals surface area contributed by atoms with Gasteiger partial charge in [-0.2, -0.15) is 0 Å². The first-order valence-electron chi connectivity index (χ1n) is 10.3. The predicted octanol–water partition coefficient (Wildman–Crippen LogP) is 2.42. The third kappa shape index (κ3) is 5.73. The van der Waals surface area contributed by atoms with Gasteiger partial charge in [-0.15, -0.1) is 0 Å². The number of hydrogen-bond acceptors (Lipinski definition) is 5. The van der Waals surface area contributed by atoms with Gasteiger partial charge in [0.05, 0.1) is 12.5 Å². The Morgan fingerprint density at radius 2 is 1.62 bits per heavy atom. The molecule has 8 nitrogen and oxygen atoms in total. The molecule has 0 heterocycles. The molecule has 1 atom stereocenters. The third-order valence-electron chi connectivity index (χ3n) is 5.26. The monoisotopic (exact) mass is 438 g/mol. The van der Waals surface area contributed by atoms with E-state index in [2.05, 4.69) is 22.8 Å². The molecule has 0 spiro atoms. The van der Waals surface area contributed by atoms with Crippen LogP contribution in [0, 0.1) is 0 Å². The second kappa shape index (κ2) is 10.6. The second-order valence-electron chi connectivity index (χ2n) is 7.56. The Kier molecular flexibility index (Phi) is 7.62. The topological polar surface area (TPSA) is 125 Å². The number of aliphatic carboxylic acids is 1. The van der Waals surface area contributed by atoms with Crippen LogP contribution >= 0.6 is 0 Å². The number of amides is 2. The Morgan fingerprint density at radius 3 is 2.22 bits per heavy atom. The number of benzene rings is 2. The first-order valence-corrected chi connectivity index (χ1v) is 10.3. The number of aliphatic hydroxyl groups is 1.